The van der Waals surface area contributed by atoms with Crippen molar-refractivity contribution < 1.29 is 15.4 Å². The molecule has 4 nitrogen and oxygen atoms in total. The Kier molecular flexibility index (Phi) is 32.3. The van der Waals surface area contributed by atoms with Gasteiger partial charge in [-0.2, -0.15) is 0 Å². The molecule has 5 N–H and O–H groups in total. The predicted molar refractivity (Wildman–Crippen MR) is 31.1 cm³/mol. The summed E-state index contributed by atoms with van der Waals surface area (Å²) in [5.74, 6) is -0.481. The van der Waals surface area contributed by atoms with Crippen LogP contribution in [0.1, 0.15) is 0 Å². The van der Waals surface area contributed by atoms with Gasteiger partial charge >= 0.3 is 0 Å². The van der Waals surface area contributed by atoms with Crippen molar-refractivity contribution in [3.8, 4) is 0 Å². The first-order valence-electron chi connectivity index (χ1n) is 1.64. The molecule has 1 amide bonds. The van der Waals surface area contributed by atoms with Crippen LogP contribution >= 0.6 is 0 Å². The maximum atomic E-state index is 9.47. The average Bonchev–Trinajstić information content (AvgIpc) is 1.73. The fraction of sp³-hybridized carbons (Fsp3) is 0.250. The molecule has 0 unspecified atom stereocenters. The van der Waals surface area contributed by atoms with Gasteiger partial charge in [0.2, 0.25) is 5.91 Å². The quantitative estimate of drug-likeness (QED) is 0.410. The van der Waals surface area contributed by atoms with E-state index >= 15 is 0 Å². The molecule has 0 saturated carbocycles. The molecule has 0 aliphatic heterocycles. The number of aliphatic hydroxyl groups excluding tert-OH is 1. The molecule has 0 rings (SSSR count). The van der Waals surface area contributed by atoms with Gasteiger partial charge in [0.1, 0.15) is 0 Å². The molecule has 4 heteroatoms. The van der Waals surface area contributed by atoms with Crippen LogP contribution in [-0.2, 0) is 4.79 Å². The van der Waals surface area contributed by atoms with Crippen LogP contribution in [0.2, 0.25) is 0 Å². The summed E-state index contributed by atoms with van der Waals surface area (Å²) >= 11 is 0. The minimum atomic E-state index is -0.481. The van der Waals surface area contributed by atoms with Crippen LogP contribution in [0.15, 0.2) is 12.7 Å². The summed E-state index contributed by atoms with van der Waals surface area (Å²) in [4.78, 5) is 9.47. The van der Waals surface area contributed by atoms with Crippen LogP contribution in [-0.4, -0.2) is 23.6 Å². The molecule has 8 heavy (non-hydrogen) atoms. The smallest absolute Gasteiger partial charge is 0.240 e. The normalized spacial score (nSPS) is 4.75. The number of carbonyl (C=O) groups is 1. The summed E-state index contributed by atoms with van der Waals surface area (Å²) < 4.78 is 0. The first-order valence-corrected chi connectivity index (χ1v) is 1.64. The lowest BCUT2D eigenvalue weighted by Gasteiger charge is -1.65. The van der Waals surface area contributed by atoms with Gasteiger partial charge in [-0.15, -0.1) is 0 Å². The summed E-state index contributed by atoms with van der Waals surface area (Å²) in [6.45, 7) is 3.09. The Bertz CT molecular complexity index is 62.3. The fourth-order valence-electron chi connectivity index (χ4n) is 0. The zero-order valence-corrected chi connectivity index (χ0v) is 4.72. The standard InChI is InChI=1S/C3H5NO.CH4O.H2O/c1-2-3(4)5;1-2;/h2H,1H2,(H2,4,5);2H,1H3;1H2. The van der Waals surface area contributed by atoms with Gasteiger partial charge in [0.05, 0.1) is 0 Å². The van der Waals surface area contributed by atoms with E-state index in [0.29, 0.717) is 0 Å². The Morgan fingerprint density at radius 3 is 1.88 bits per heavy atom. The van der Waals surface area contributed by atoms with Crippen molar-refractivity contribution in [2.75, 3.05) is 7.11 Å². The maximum absolute atomic E-state index is 9.47. The molecule has 0 aromatic heterocycles. The summed E-state index contributed by atoms with van der Waals surface area (Å²) in [5, 5.41) is 7.00. The third kappa shape index (κ3) is 68.5. The molecule has 0 aromatic carbocycles. The maximum Gasteiger partial charge on any atom is 0.240 e. The predicted octanol–water partition coefficient (Wildman–Crippen LogP) is -1.56. The number of hydrogen-bond acceptors (Lipinski definition) is 2. The van der Waals surface area contributed by atoms with Gasteiger partial charge in [0, 0.05) is 7.11 Å². The van der Waals surface area contributed by atoms with Crippen molar-refractivity contribution in [2.24, 2.45) is 5.73 Å². The molecular weight excluding hydrogens is 110 g/mol. The Balaban J connectivity index is -0.0000000750. The van der Waals surface area contributed by atoms with Gasteiger partial charge in [-0.25, -0.2) is 0 Å². The van der Waals surface area contributed by atoms with E-state index in [4.69, 9.17) is 5.11 Å². The molecule has 0 fully saturated rings. The van der Waals surface area contributed by atoms with Crippen LogP contribution in [0.4, 0.5) is 0 Å². The minimum Gasteiger partial charge on any atom is -0.412 e. The molecular formula is C4H11NO3. The highest BCUT2D eigenvalue weighted by Crippen LogP contribution is 1.48. The molecule has 0 atom stereocenters. The molecule has 0 radical (unpaired) electrons. The second kappa shape index (κ2) is 16.5. The van der Waals surface area contributed by atoms with E-state index < -0.39 is 5.91 Å². The lowest BCUT2D eigenvalue weighted by molar-refractivity contribution is -0.113. The zero-order chi connectivity index (χ0) is 6.28. The van der Waals surface area contributed by atoms with Crippen LogP contribution in [0.25, 0.3) is 0 Å². The summed E-state index contributed by atoms with van der Waals surface area (Å²) in [7, 11) is 1.00. The van der Waals surface area contributed by atoms with Crippen LogP contribution in [0, 0.1) is 0 Å². The Morgan fingerprint density at radius 2 is 1.88 bits per heavy atom. The van der Waals surface area contributed by atoms with Crippen molar-refractivity contribution in [1.82, 2.24) is 0 Å². The van der Waals surface area contributed by atoms with Gasteiger partial charge in [-0.3, -0.25) is 4.79 Å². The number of rotatable bonds is 1. The van der Waals surface area contributed by atoms with Gasteiger partial charge in [0.25, 0.3) is 0 Å². The number of amides is 1. The molecule has 0 aliphatic rings. The second-order valence-electron chi connectivity index (χ2n) is 0.606. The Labute approximate surface area is 47.9 Å². The van der Waals surface area contributed by atoms with Crippen LogP contribution in [0.5, 0.6) is 0 Å². The molecule has 50 valence electrons. The highest BCUT2D eigenvalue weighted by Gasteiger charge is 1.69. The second-order valence-corrected chi connectivity index (χ2v) is 0.606. The van der Waals surface area contributed by atoms with E-state index in [-0.39, 0.29) is 5.48 Å². The number of hydrogen-bond donors (Lipinski definition) is 2. The van der Waals surface area contributed by atoms with Crippen molar-refractivity contribution in [2.45, 2.75) is 0 Å². The molecule has 0 saturated heterocycles. The topological polar surface area (TPSA) is 94.8 Å². The fourth-order valence-corrected chi connectivity index (χ4v) is 0. The monoisotopic (exact) mass is 121 g/mol. The van der Waals surface area contributed by atoms with E-state index in [1.54, 1.807) is 0 Å². The average molecular weight is 121 g/mol. The number of nitrogens with two attached hydrogens (primary N) is 1. The summed E-state index contributed by atoms with van der Waals surface area (Å²) in [5.41, 5.74) is 4.53. The van der Waals surface area contributed by atoms with E-state index in [0.717, 1.165) is 13.2 Å². The van der Waals surface area contributed by atoms with E-state index in [2.05, 4.69) is 12.3 Å². The van der Waals surface area contributed by atoms with E-state index in [1.165, 1.54) is 0 Å². The van der Waals surface area contributed by atoms with E-state index in [9.17, 15) is 4.79 Å². The van der Waals surface area contributed by atoms with Crippen molar-refractivity contribution in [3.63, 3.8) is 0 Å². The van der Waals surface area contributed by atoms with Gasteiger partial charge in [0.15, 0.2) is 0 Å². The largest absolute Gasteiger partial charge is 0.412 e. The van der Waals surface area contributed by atoms with Crippen molar-refractivity contribution in [1.29, 1.82) is 0 Å². The zero-order valence-electron chi connectivity index (χ0n) is 4.72. The number of carbonyl (C=O) groups excluding carboxylic acids is 1. The molecule has 0 heterocycles. The number of primary amides is 1. The van der Waals surface area contributed by atoms with E-state index in [1.807, 2.05) is 0 Å². The Hall–Kier alpha value is -0.870. The first kappa shape index (κ1) is 15.7. The highest BCUT2D eigenvalue weighted by atomic mass is 16.2. The summed E-state index contributed by atoms with van der Waals surface area (Å²) in [6, 6.07) is 0. The van der Waals surface area contributed by atoms with Crippen molar-refractivity contribution in [3.05, 3.63) is 12.7 Å². The van der Waals surface area contributed by atoms with Gasteiger partial charge in [-0.1, -0.05) is 6.58 Å². The van der Waals surface area contributed by atoms with Gasteiger partial charge < -0.3 is 16.3 Å². The SMILES string of the molecule is C=CC(N)=O.CO.O. The molecule has 0 spiro atoms. The third-order valence-corrected chi connectivity index (χ3v) is 0.201. The first-order chi connectivity index (χ1) is 3.27. The summed E-state index contributed by atoms with van der Waals surface area (Å²) in [6.07, 6.45) is 1.06. The highest BCUT2D eigenvalue weighted by molar-refractivity contribution is 5.84. The minimum absolute atomic E-state index is 0. The Morgan fingerprint density at radius 1 is 1.75 bits per heavy atom. The van der Waals surface area contributed by atoms with Crippen LogP contribution in [0.3, 0.4) is 0 Å². The molecule has 0 aromatic rings. The van der Waals surface area contributed by atoms with Crippen LogP contribution < -0.4 is 5.73 Å². The molecule has 0 aliphatic carbocycles. The number of aliphatic hydroxyl groups is 1. The van der Waals surface area contributed by atoms with Gasteiger partial charge in [-0.05, 0) is 6.08 Å². The molecule has 0 bridgehead atoms. The third-order valence-electron chi connectivity index (χ3n) is 0.201. The van der Waals surface area contributed by atoms with Crippen molar-refractivity contribution >= 4 is 5.91 Å². The lowest BCUT2D eigenvalue weighted by Crippen LogP contribution is -2.04. The lowest BCUT2D eigenvalue weighted by atomic mass is 10.6.